The maximum atomic E-state index is 13.0. The molecule has 4 nitrogen and oxygen atoms in total. The Bertz CT molecular complexity index is 501. The van der Waals surface area contributed by atoms with Gasteiger partial charge in [-0.05, 0) is 18.2 Å². The normalized spacial score (nSPS) is 10.1. The summed E-state index contributed by atoms with van der Waals surface area (Å²) < 4.78 is 13.0. The van der Waals surface area contributed by atoms with Gasteiger partial charge in [0.1, 0.15) is 5.82 Å². The molecular formula is C10H8ClFN4. The van der Waals surface area contributed by atoms with Crippen LogP contribution in [0.5, 0.6) is 0 Å². The number of hydrogen-bond acceptors (Lipinski definition) is 4. The summed E-state index contributed by atoms with van der Waals surface area (Å²) in [6, 6.07) is 4.00. The summed E-state index contributed by atoms with van der Waals surface area (Å²) >= 11 is 5.87. The minimum absolute atomic E-state index is 0.307. The van der Waals surface area contributed by atoms with E-state index in [0.29, 0.717) is 22.3 Å². The van der Waals surface area contributed by atoms with E-state index in [4.69, 9.17) is 17.3 Å². The smallest absolute Gasteiger partial charge is 0.227 e. The quantitative estimate of drug-likeness (QED) is 0.844. The number of nitrogens with one attached hydrogen (secondary N) is 1. The summed E-state index contributed by atoms with van der Waals surface area (Å²) in [5.74, 6) is -0.0796. The van der Waals surface area contributed by atoms with E-state index in [1.165, 1.54) is 30.6 Å². The summed E-state index contributed by atoms with van der Waals surface area (Å²) in [7, 11) is 0. The van der Waals surface area contributed by atoms with Crippen molar-refractivity contribution in [3.63, 3.8) is 0 Å². The fourth-order valence-electron chi connectivity index (χ4n) is 1.12. The molecule has 0 atom stereocenters. The van der Waals surface area contributed by atoms with Crippen LogP contribution in [0.2, 0.25) is 5.02 Å². The van der Waals surface area contributed by atoms with Gasteiger partial charge >= 0.3 is 0 Å². The third kappa shape index (κ3) is 2.38. The van der Waals surface area contributed by atoms with E-state index >= 15 is 0 Å². The van der Waals surface area contributed by atoms with E-state index in [9.17, 15) is 4.39 Å². The zero-order valence-corrected chi connectivity index (χ0v) is 8.87. The first-order chi connectivity index (χ1) is 7.65. The summed E-state index contributed by atoms with van der Waals surface area (Å²) in [5, 5.41) is 3.18. The Morgan fingerprint density at radius 3 is 2.62 bits per heavy atom. The first kappa shape index (κ1) is 10.6. The van der Waals surface area contributed by atoms with Gasteiger partial charge in [0.15, 0.2) is 0 Å². The van der Waals surface area contributed by atoms with E-state index in [0.717, 1.165) is 0 Å². The van der Waals surface area contributed by atoms with Gasteiger partial charge in [-0.2, -0.15) is 0 Å². The summed E-state index contributed by atoms with van der Waals surface area (Å²) in [5.41, 5.74) is 6.30. The van der Waals surface area contributed by atoms with Crippen LogP contribution in [0, 0.1) is 5.82 Å². The predicted octanol–water partition coefficient (Wildman–Crippen LogP) is 2.59. The maximum Gasteiger partial charge on any atom is 0.227 e. The Kier molecular flexibility index (Phi) is 2.87. The highest BCUT2D eigenvalue weighted by molar-refractivity contribution is 6.33. The molecule has 0 spiro atoms. The van der Waals surface area contributed by atoms with Crippen LogP contribution in [0.25, 0.3) is 0 Å². The van der Waals surface area contributed by atoms with E-state index in [-0.39, 0.29) is 5.82 Å². The monoisotopic (exact) mass is 238 g/mol. The van der Waals surface area contributed by atoms with E-state index in [2.05, 4.69) is 15.3 Å². The van der Waals surface area contributed by atoms with Crippen LogP contribution in [0.3, 0.4) is 0 Å². The van der Waals surface area contributed by atoms with Gasteiger partial charge in [-0.25, -0.2) is 14.4 Å². The zero-order valence-electron chi connectivity index (χ0n) is 8.11. The van der Waals surface area contributed by atoms with Gasteiger partial charge in [-0.1, -0.05) is 11.6 Å². The third-order valence-corrected chi connectivity index (χ3v) is 2.18. The minimum atomic E-state index is -0.387. The predicted molar refractivity (Wildman–Crippen MR) is 61.1 cm³/mol. The van der Waals surface area contributed by atoms with Gasteiger partial charge in [0, 0.05) is 0 Å². The molecule has 0 amide bonds. The first-order valence-electron chi connectivity index (χ1n) is 4.45. The number of aromatic nitrogens is 2. The fraction of sp³-hybridized carbons (Fsp3) is 0. The molecule has 82 valence electrons. The Morgan fingerprint density at radius 2 is 1.94 bits per heavy atom. The second-order valence-electron chi connectivity index (χ2n) is 3.09. The molecule has 1 aromatic heterocycles. The lowest BCUT2D eigenvalue weighted by atomic mass is 10.3. The van der Waals surface area contributed by atoms with Crippen LogP contribution < -0.4 is 11.1 Å². The van der Waals surface area contributed by atoms with Crippen LogP contribution in [-0.4, -0.2) is 9.97 Å². The molecule has 0 aliphatic rings. The number of rotatable bonds is 2. The van der Waals surface area contributed by atoms with Crippen molar-refractivity contribution in [3.05, 3.63) is 41.4 Å². The van der Waals surface area contributed by atoms with Crippen molar-refractivity contribution in [1.29, 1.82) is 0 Å². The lowest BCUT2D eigenvalue weighted by Crippen LogP contribution is -1.98. The average Bonchev–Trinajstić information content (AvgIpc) is 2.27. The van der Waals surface area contributed by atoms with E-state index < -0.39 is 0 Å². The zero-order chi connectivity index (χ0) is 11.5. The Hall–Kier alpha value is -1.88. The van der Waals surface area contributed by atoms with E-state index in [1.54, 1.807) is 0 Å². The Morgan fingerprint density at radius 1 is 1.25 bits per heavy atom. The molecule has 3 N–H and O–H groups in total. The van der Waals surface area contributed by atoms with Gasteiger partial charge in [0.05, 0.1) is 28.8 Å². The molecule has 16 heavy (non-hydrogen) atoms. The molecule has 0 saturated carbocycles. The second-order valence-corrected chi connectivity index (χ2v) is 3.50. The standard InChI is InChI=1S/C10H8ClFN4/c11-8-2-1-6(12)3-9(8)16-10-14-4-7(13)5-15-10/h1-5H,13H2,(H,14,15,16). The van der Waals surface area contributed by atoms with Gasteiger partial charge in [0.2, 0.25) is 5.95 Å². The first-order valence-corrected chi connectivity index (χ1v) is 4.82. The lowest BCUT2D eigenvalue weighted by molar-refractivity contribution is 0.628. The number of nitrogens with zero attached hydrogens (tertiary/aromatic N) is 2. The molecule has 1 heterocycles. The molecule has 0 bridgehead atoms. The number of benzene rings is 1. The third-order valence-electron chi connectivity index (χ3n) is 1.85. The highest BCUT2D eigenvalue weighted by atomic mass is 35.5. The van der Waals surface area contributed by atoms with Crippen molar-refractivity contribution in [2.45, 2.75) is 0 Å². The van der Waals surface area contributed by atoms with Gasteiger partial charge in [0.25, 0.3) is 0 Å². The molecule has 6 heteroatoms. The topological polar surface area (TPSA) is 63.8 Å². The molecule has 2 aromatic rings. The lowest BCUT2D eigenvalue weighted by Gasteiger charge is -2.06. The second kappa shape index (κ2) is 4.32. The van der Waals surface area contributed by atoms with Crippen LogP contribution in [0.1, 0.15) is 0 Å². The number of hydrogen-bond donors (Lipinski definition) is 2. The van der Waals surface area contributed by atoms with Crippen molar-refractivity contribution in [2.24, 2.45) is 0 Å². The average molecular weight is 239 g/mol. The number of halogens is 2. The molecule has 0 saturated heterocycles. The van der Waals surface area contributed by atoms with E-state index in [1.807, 2.05) is 0 Å². The molecule has 2 rings (SSSR count). The SMILES string of the molecule is Nc1cnc(Nc2cc(F)ccc2Cl)nc1. The van der Waals surface area contributed by atoms with Crippen molar-refractivity contribution >= 4 is 28.9 Å². The van der Waals surface area contributed by atoms with Gasteiger partial charge in [-0.3, -0.25) is 0 Å². The van der Waals surface area contributed by atoms with Gasteiger partial charge < -0.3 is 11.1 Å². The summed E-state index contributed by atoms with van der Waals surface area (Å²) in [4.78, 5) is 7.83. The number of anilines is 3. The van der Waals surface area contributed by atoms with Crippen LogP contribution in [0.4, 0.5) is 21.7 Å². The fourth-order valence-corrected chi connectivity index (χ4v) is 1.28. The molecular weight excluding hydrogens is 231 g/mol. The maximum absolute atomic E-state index is 13.0. The minimum Gasteiger partial charge on any atom is -0.396 e. The number of nitrogens with two attached hydrogens (primary N) is 1. The molecule has 0 fully saturated rings. The van der Waals surface area contributed by atoms with Crippen molar-refractivity contribution in [2.75, 3.05) is 11.1 Å². The van der Waals surface area contributed by atoms with Crippen LogP contribution in [-0.2, 0) is 0 Å². The summed E-state index contributed by atoms with van der Waals surface area (Å²) in [6.07, 6.45) is 2.89. The summed E-state index contributed by atoms with van der Waals surface area (Å²) in [6.45, 7) is 0. The van der Waals surface area contributed by atoms with Gasteiger partial charge in [-0.15, -0.1) is 0 Å². The Labute approximate surface area is 96.3 Å². The molecule has 1 aromatic carbocycles. The Balaban J connectivity index is 2.26. The van der Waals surface area contributed by atoms with Crippen LogP contribution >= 0.6 is 11.6 Å². The highest BCUT2D eigenvalue weighted by Crippen LogP contribution is 2.24. The van der Waals surface area contributed by atoms with Crippen molar-refractivity contribution in [3.8, 4) is 0 Å². The molecule has 0 aliphatic heterocycles. The van der Waals surface area contributed by atoms with Crippen molar-refractivity contribution < 1.29 is 4.39 Å². The largest absolute Gasteiger partial charge is 0.396 e. The molecule has 0 radical (unpaired) electrons. The molecule has 0 unspecified atom stereocenters. The highest BCUT2D eigenvalue weighted by Gasteiger charge is 2.03. The number of nitrogen functional groups attached to an aromatic ring is 1. The van der Waals surface area contributed by atoms with Crippen LogP contribution in [0.15, 0.2) is 30.6 Å². The van der Waals surface area contributed by atoms with Crippen molar-refractivity contribution in [1.82, 2.24) is 9.97 Å². The molecule has 0 aliphatic carbocycles.